The Balaban J connectivity index is 1.36. The summed E-state index contributed by atoms with van der Waals surface area (Å²) in [4.78, 5) is 14.4. The van der Waals surface area contributed by atoms with E-state index in [1.54, 1.807) is 0 Å². The lowest BCUT2D eigenvalue weighted by Gasteiger charge is -2.19. The van der Waals surface area contributed by atoms with Crippen LogP contribution in [-0.4, -0.2) is 39.8 Å². The lowest BCUT2D eigenvalue weighted by Crippen LogP contribution is -2.33. The topological polar surface area (TPSA) is 46.1 Å². The van der Waals surface area contributed by atoms with Gasteiger partial charge >= 0.3 is 0 Å². The SMILES string of the molecule is O=C(CSc1ccc(-c2ccc(-c3ccccc3)cc2)nn1)N1CCCCCC1. The summed E-state index contributed by atoms with van der Waals surface area (Å²) < 4.78 is 0. The second-order valence-corrected chi connectivity index (χ2v) is 8.28. The lowest BCUT2D eigenvalue weighted by molar-refractivity contribution is -0.128. The molecule has 0 spiro atoms. The summed E-state index contributed by atoms with van der Waals surface area (Å²) in [5.74, 6) is 0.638. The molecule has 0 saturated carbocycles. The van der Waals surface area contributed by atoms with Crippen molar-refractivity contribution in [3.8, 4) is 22.4 Å². The molecule has 1 aliphatic heterocycles. The Bertz CT molecular complexity index is 919. The molecule has 0 unspecified atom stereocenters. The monoisotopic (exact) mass is 403 g/mol. The summed E-state index contributed by atoms with van der Waals surface area (Å²) >= 11 is 1.47. The highest BCUT2D eigenvalue weighted by Gasteiger charge is 2.16. The van der Waals surface area contributed by atoms with Crippen LogP contribution in [-0.2, 0) is 4.79 Å². The van der Waals surface area contributed by atoms with E-state index in [9.17, 15) is 4.79 Å². The first kappa shape index (κ1) is 19.6. The molecule has 2 heterocycles. The molecule has 0 aliphatic carbocycles. The molecule has 1 aliphatic rings. The maximum absolute atomic E-state index is 12.4. The number of hydrogen-bond acceptors (Lipinski definition) is 4. The van der Waals surface area contributed by atoms with Gasteiger partial charge in [0.15, 0.2) is 0 Å². The van der Waals surface area contributed by atoms with Gasteiger partial charge in [0.25, 0.3) is 0 Å². The molecule has 0 radical (unpaired) electrons. The van der Waals surface area contributed by atoms with E-state index >= 15 is 0 Å². The maximum atomic E-state index is 12.4. The van der Waals surface area contributed by atoms with Crippen LogP contribution >= 0.6 is 11.8 Å². The molecular weight excluding hydrogens is 378 g/mol. The van der Waals surface area contributed by atoms with E-state index in [0.29, 0.717) is 5.75 Å². The number of nitrogens with zero attached hydrogens (tertiary/aromatic N) is 3. The van der Waals surface area contributed by atoms with Crippen LogP contribution in [0.15, 0.2) is 71.8 Å². The molecule has 1 aromatic heterocycles. The Morgan fingerprint density at radius 3 is 2.07 bits per heavy atom. The van der Waals surface area contributed by atoms with Gasteiger partial charge < -0.3 is 4.90 Å². The molecule has 3 aromatic rings. The molecule has 4 rings (SSSR count). The first-order valence-electron chi connectivity index (χ1n) is 10.2. The summed E-state index contributed by atoms with van der Waals surface area (Å²) in [6.45, 7) is 1.78. The fraction of sp³-hybridized carbons (Fsp3) is 0.292. The molecular formula is C24H25N3OS. The van der Waals surface area contributed by atoms with Crippen molar-refractivity contribution >= 4 is 17.7 Å². The van der Waals surface area contributed by atoms with Crippen molar-refractivity contribution in [3.63, 3.8) is 0 Å². The number of thioether (sulfide) groups is 1. The normalized spacial score (nSPS) is 14.4. The summed E-state index contributed by atoms with van der Waals surface area (Å²) in [7, 11) is 0. The third-order valence-corrected chi connectivity index (χ3v) is 6.13. The highest BCUT2D eigenvalue weighted by molar-refractivity contribution is 7.99. The van der Waals surface area contributed by atoms with Crippen molar-refractivity contribution in [2.45, 2.75) is 30.7 Å². The quantitative estimate of drug-likeness (QED) is 0.542. The van der Waals surface area contributed by atoms with Gasteiger partial charge in [-0.05, 0) is 36.1 Å². The zero-order valence-electron chi connectivity index (χ0n) is 16.5. The predicted octanol–water partition coefficient (Wildman–Crippen LogP) is 5.31. The van der Waals surface area contributed by atoms with E-state index in [2.05, 4.69) is 46.6 Å². The molecule has 5 heteroatoms. The number of carbonyl (C=O) groups is 1. The predicted molar refractivity (Wildman–Crippen MR) is 119 cm³/mol. The Kier molecular flexibility index (Phi) is 6.57. The average molecular weight is 404 g/mol. The molecule has 1 fully saturated rings. The fourth-order valence-electron chi connectivity index (χ4n) is 3.56. The summed E-state index contributed by atoms with van der Waals surface area (Å²) in [6, 6.07) is 22.6. The molecule has 1 saturated heterocycles. The minimum absolute atomic E-state index is 0.208. The van der Waals surface area contributed by atoms with Gasteiger partial charge in [-0.3, -0.25) is 4.79 Å². The first-order valence-corrected chi connectivity index (χ1v) is 11.2. The van der Waals surface area contributed by atoms with Crippen molar-refractivity contribution in [1.29, 1.82) is 0 Å². The van der Waals surface area contributed by atoms with Gasteiger partial charge in [-0.1, -0.05) is 79.2 Å². The highest BCUT2D eigenvalue weighted by atomic mass is 32.2. The Morgan fingerprint density at radius 1 is 0.759 bits per heavy atom. The van der Waals surface area contributed by atoms with Crippen molar-refractivity contribution in [2.24, 2.45) is 0 Å². The van der Waals surface area contributed by atoms with Crippen LogP contribution in [0.3, 0.4) is 0 Å². The average Bonchev–Trinajstić information content (AvgIpc) is 3.08. The molecule has 0 atom stereocenters. The molecule has 0 bridgehead atoms. The molecule has 1 amide bonds. The van der Waals surface area contributed by atoms with E-state index in [1.165, 1.54) is 35.7 Å². The maximum Gasteiger partial charge on any atom is 0.232 e. The van der Waals surface area contributed by atoms with Crippen molar-refractivity contribution in [3.05, 3.63) is 66.7 Å². The van der Waals surface area contributed by atoms with Gasteiger partial charge in [0.1, 0.15) is 5.03 Å². The Morgan fingerprint density at radius 2 is 1.41 bits per heavy atom. The molecule has 29 heavy (non-hydrogen) atoms. The van der Waals surface area contributed by atoms with Crippen molar-refractivity contribution in [1.82, 2.24) is 15.1 Å². The number of aromatic nitrogens is 2. The molecule has 2 aromatic carbocycles. The lowest BCUT2D eigenvalue weighted by atomic mass is 10.0. The fourth-order valence-corrected chi connectivity index (χ4v) is 4.28. The van der Waals surface area contributed by atoms with Crippen LogP contribution in [0.5, 0.6) is 0 Å². The second kappa shape index (κ2) is 9.70. The molecule has 4 nitrogen and oxygen atoms in total. The van der Waals surface area contributed by atoms with Gasteiger partial charge in [0.2, 0.25) is 5.91 Å². The largest absolute Gasteiger partial charge is 0.342 e. The number of benzene rings is 2. The Hall–Kier alpha value is -2.66. The second-order valence-electron chi connectivity index (χ2n) is 7.28. The van der Waals surface area contributed by atoms with E-state index < -0.39 is 0 Å². The third kappa shape index (κ3) is 5.24. The molecule has 148 valence electrons. The minimum Gasteiger partial charge on any atom is -0.342 e. The third-order valence-electron chi connectivity index (χ3n) is 5.23. The summed E-state index contributed by atoms with van der Waals surface area (Å²) in [5, 5.41) is 9.46. The zero-order valence-corrected chi connectivity index (χ0v) is 17.3. The van der Waals surface area contributed by atoms with Gasteiger partial charge in [-0.2, -0.15) is 0 Å². The van der Waals surface area contributed by atoms with Crippen LogP contribution in [0.4, 0.5) is 0 Å². The summed E-state index contributed by atoms with van der Waals surface area (Å²) in [6.07, 6.45) is 4.70. The van der Waals surface area contributed by atoms with Gasteiger partial charge in [-0.15, -0.1) is 10.2 Å². The van der Waals surface area contributed by atoms with Crippen LogP contribution in [0.25, 0.3) is 22.4 Å². The van der Waals surface area contributed by atoms with Gasteiger partial charge in [0.05, 0.1) is 11.4 Å². The minimum atomic E-state index is 0.208. The highest BCUT2D eigenvalue weighted by Crippen LogP contribution is 2.24. The Labute approximate surface area is 176 Å². The number of hydrogen-bond donors (Lipinski definition) is 0. The summed E-state index contributed by atoms with van der Waals surface area (Å²) in [5.41, 5.74) is 4.26. The number of carbonyl (C=O) groups excluding carboxylic acids is 1. The van der Waals surface area contributed by atoms with Crippen LogP contribution in [0.2, 0.25) is 0 Å². The van der Waals surface area contributed by atoms with E-state index in [1.807, 2.05) is 35.2 Å². The number of likely N-dealkylation sites (tertiary alicyclic amines) is 1. The zero-order chi connectivity index (χ0) is 19.9. The smallest absolute Gasteiger partial charge is 0.232 e. The van der Waals surface area contributed by atoms with Crippen molar-refractivity contribution < 1.29 is 4.79 Å². The van der Waals surface area contributed by atoms with E-state index in [4.69, 9.17) is 0 Å². The van der Waals surface area contributed by atoms with Crippen LogP contribution in [0, 0.1) is 0 Å². The van der Waals surface area contributed by atoms with E-state index in [-0.39, 0.29) is 5.91 Å². The van der Waals surface area contributed by atoms with Crippen LogP contribution in [0.1, 0.15) is 25.7 Å². The van der Waals surface area contributed by atoms with Gasteiger partial charge in [0, 0.05) is 18.7 Å². The van der Waals surface area contributed by atoms with Crippen LogP contribution < -0.4 is 0 Å². The standard InChI is InChI=1S/C24H25N3OS/c28-24(27-16-6-1-2-7-17-27)18-29-23-15-14-22(25-26-23)21-12-10-20(11-13-21)19-8-4-3-5-9-19/h3-5,8-15H,1-2,6-7,16-18H2. The first-order chi connectivity index (χ1) is 14.3. The number of rotatable bonds is 5. The molecule has 0 N–H and O–H groups in total. The van der Waals surface area contributed by atoms with Crippen molar-refractivity contribution in [2.75, 3.05) is 18.8 Å². The number of amides is 1. The van der Waals surface area contributed by atoms with Gasteiger partial charge in [-0.25, -0.2) is 0 Å². The van der Waals surface area contributed by atoms with E-state index in [0.717, 1.165) is 42.2 Å².